The first-order valence-corrected chi connectivity index (χ1v) is 6.70. The molecule has 3 N–H and O–H groups in total. The van der Waals surface area contributed by atoms with Crippen molar-refractivity contribution in [2.75, 3.05) is 6.54 Å². The Kier molecular flexibility index (Phi) is 4.84. The molecule has 1 heterocycles. The summed E-state index contributed by atoms with van der Waals surface area (Å²) in [4.78, 5) is 18.1. The van der Waals surface area contributed by atoms with E-state index in [9.17, 15) is 10.1 Å². The maximum absolute atomic E-state index is 11.0. The zero-order valence-electron chi connectivity index (χ0n) is 11.2. The minimum atomic E-state index is -0.378. The Hall–Kier alpha value is -2.21. The maximum atomic E-state index is 11.0. The van der Waals surface area contributed by atoms with Crippen molar-refractivity contribution in [2.24, 2.45) is 5.73 Å². The van der Waals surface area contributed by atoms with Crippen LogP contribution in [0.25, 0.3) is 11.3 Å². The summed E-state index contributed by atoms with van der Waals surface area (Å²) >= 11 is 0. The average molecular weight is 274 g/mol. The first-order chi connectivity index (χ1) is 9.72. The van der Waals surface area contributed by atoms with Gasteiger partial charge >= 0.3 is 0 Å². The summed E-state index contributed by atoms with van der Waals surface area (Å²) in [6, 6.07) is 6.66. The van der Waals surface area contributed by atoms with E-state index in [1.165, 1.54) is 6.07 Å². The molecule has 0 aliphatic carbocycles. The number of unbranched alkanes of at least 4 members (excludes halogenated alkanes) is 2. The van der Waals surface area contributed by atoms with E-state index in [0.29, 0.717) is 17.8 Å². The first kappa shape index (κ1) is 14.2. The summed E-state index contributed by atoms with van der Waals surface area (Å²) < 4.78 is 0. The standard InChI is InChI=1S/C14H18N4O2/c15-9-5-1-2-8-14-16-10-12(17-14)11-6-3-4-7-13(11)18(19)20/h3-4,6-7,10H,1-2,5,8-9,15H2,(H,16,17). The summed E-state index contributed by atoms with van der Waals surface area (Å²) in [7, 11) is 0. The predicted octanol–water partition coefficient (Wildman–Crippen LogP) is 2.66. The lowest BCUT2D eigenvalue weighted by atomic mass is 10.1. The smallest absolute Gasteiger partial charge is 0.278 e. The molecule has 0 radical (unpaired) electrons. The lowest BCUT2D eigenvalue weighted by molar-refractivity contribution is -0.384. The molecule has 0 aliphatic rings. The lowest BCUT2D eigenvalue weighted by Crippen LogP contribution is -1.98. The number of benzene rings is 1. The zero-order valence-corrected chi connectivity index (χ0v) is 11.2. The normalized spacial score (nSPS) is 10.7. The van der Waals surface area contributed by atoms with Gasteiger partial charge in [-0.2, -0.15) is 0 Å². The van der Waals surface area contributed by atoms with Gasteiger partial charge in [0, 0.05) is 12.5 Å². The summed E-state index contributed by atoms with van der Waals surface area (Å²) in [5.41, 5.74) is 6.79. The van der Waals surface area contributed by atoms with Crippen molar-refractivity contribution in [3.05, 3.63) is 46.4 Å². The molecule has 106 valence electrons. The minimum Gasteiger partial charge on any atom is -0.342 e. The van der Waals surface area contributed by atoms with Gasteiger partial charge in [-0.05, 0) is 25.5 Å². The summed E-state index contributed by atoms with van der Waals surface area (Å²) in [5, 5.41) is 11.0. The van der Waals surface area contributed by atoms with E-state index in [4.69, 9.17) is 5.73 Å². The van der Waals surface area contributed by atoms with Gasteiger partial charge in [-0.25, -0.2) is 4.98 Å². The Morgan fingerprint density at radius 3 is 2.80 bits per heavy atom. The predicted molar refractivity (Wildman–Crippen MR) is 77.3 cm³/mol. The Balaban J connectivity index is 2.11. The minimum absolute atomic E-state index is 0.0887. The van der Waals surface area contributed by atoms with Crippen LogP contribution in [-0.4, -0.2) is 21.4 Å². The second kappa shape index (κ2) is 6.81. The highest BCUT2D eigenvalue weighted by Gasteiger charge is 2.15. The SMILES string of the molecule is NCCCCCc1ncc(-c2ccccc2[N+](=O)[O-])[nH]1. The highest BCUT2D eigenvalue weighted by atomic mass is 16.6. The number of H-pyrrole nitrogens is 1. The molecule has 0 unspecified atom stereocenters. The van der Waals surface area contributed by atoms with E-state index in [-0.39, 0.29) is 10.6 Å². The summed E-state index contributed by atoms with van der Waals surface area (Å²) in [6.07, 6.45) is 5.58. The molecule has 6 nitrogen and oxygen atoms in total. The first-order valence-electron chi connectivity index (χ1n) is 6.70. The largest absolute Gasteiger partial charge is 0.342 e. The van der Waals surface area contributed by atoms with Gasteiger partial charge in [0.2, 0.25) is 0 Å². The Bertz CT molecular complexity index is 580. The number of nitrogens with zero attached hydrogens (tertiary/aromatic N) is 2. The van der Waals surface area contributed by atoms with Gasteiger partial charge in [-0.1, -0.05) is 18.6 Å². The van der Waals surface area contributed by atoms with E-state index in [2.05, 4.69) is 9.97 Å². The van der Waals surface area contributed by atoms with Gasteiger partial charge in [-0.15, -0.1) is 0 Å². The number of hydrogen-bond donors (Lipinski definition) is 2. The number of para-hydroxylation sites is 1. The van der Waals surface area contributed by atoms with Crippen LogP contribution in [0.5, 0.6) is 0 Å². The molecule has 20 heavy (non-hydrogen) atoms. The van der Waals surface area contributed by atoms with Crippen molar-refractivity contribution in [3.8, 4) is 11.3 Å². The number of nitro benzene ring substituents is 1. The van der Waals surface area contributed by atoms with E-state index in [0.717, 1.165) is 31.5 Å². The summed E-state index contributed by atoms with van der Waals surface area (Å²) in [5.74, 6) is 0.857. The summed E-state index contributed by atoms with van der Waals surface area (Å²) in [6.45, 7) is 0.708. The average Bonchev–Trinajstić information content (AvgIpc) is 2.92. The number of aromatic nitrogens is 2. The fourth-order valence-electron chi connectivity index (χ4n) is 2.10. The number of aromatic amines is 1. The van der Waals surface area contributed by atoms with Gasteiger partial charge in [0.15, 0.2) is 0 Å². The van der Waals surface area contributed by atoms with Crippen LogP contribution in [-0.2, 0) is 6.42 Å². The number of aryl methyl sites for hydroxylation is 1. The van der Waals surface area contributed by atoms with Crippen LogP contribution in [0.15, 0.2) is 30.5 Å². The van der Waals surface area contributed by atoms with Gasteiger partial charge in [0.25, 0.3) is 5.69 Å². The molecule has 0 aliphatic heterocycles. The molecule has 6 heteroatoms. The van der Waals surface area contributed by atoms with E-state index >= 15 is 0 Å². The molecule has 0 saturated carbocycles. The third-order valence-corrected chi connectivity index (χ3v) is 3.14. The third kappa shape index (κ3) is 3.42. The van der Waals surface area contributed by atoms with E-state index in [1.54, 1.807) is 24.4 Å². The Morgan fingerprint density at radius 2 is 2.05 bits per heavy atom. The highest BCUT2D eigenvalue weighted by molar-refractivity contribution is 5.70. The quantitative estimate of drug-likeness (QED) is 0.460. The fraction of sp³-hybridized carbons (Fsp3) is 0.357. The van der Waals surface area contributed by atoms with Crippen LogP contribution >= 0.6 is 0 Å². The van der Waals surface area contributed by atoms with Gasteiger partial charge < -0.3 is 10.7 Å². The van der Waals surface area contributed by atoms with E-state index in [1.807, 2.05) is 0 Å². The molecule has 0 amide bonds. The Morgan fingerprint density at radius 1 is 1.25 bits per heavy atom. The molecular weight excluding hydrogens is 256 g/mol. The van der Waals surface area contributed by atoms with Crippen LogP contribution < -0.4 is 5.73 Å². The molecule has 2 rings (SSSR count). The molecule has 2 aromatic rings. The van der Waals surface area contributed by atoms with Crippen molar-refractivity contribution < 1.29 is 4.92 Å². The zero-order chi connectivity index (χ0) is 14.4. The second-order valence-corrected chi connectivity index (χ2v) is 4.62. The third-order valence-electron chi connectivity index (χ3n) is 3.14. The Labute approximate surface area is 117 Å². The van der Waals surface area contributed by atoms with Gasteiger partial charge in [0.05, 0.1) is 22.4 Å². The number of hydrogen-bond acceptors (Lipinski definition) is 4. The van der Waals surface area contributed by atoms with Crippen molar-refractivity contribution in [1.29, 1.82) is 0 Å². The van der Waals surface area contributed by atoms with Crippen molar-refractivity contribution in [3.63, 3.8) is 0 Å². The number of rotatable bonds is 7. The molecule has 0 fully saturated rings. The molecule has 0 bridgehead atoms. The van der Waals surface area contributed by atoms with Crippen molar-refractivity contribution in [1.82, 2.24) is 9.97 Å². The molecule has 0 atom stereocenters. The lowest BCUT2D eigenvalue weighted by Gasteiger charge is -2.00. The molecule has 0 spiro atoms. The molecular formula is C14H18N4O2. The second-order valence-electron chi connectivity index (χ2n) is 4.62. The molecule has 0 saturated heterocycles. The fourth-order valence-corrected chi connectivity index (χ4v) is 2.10. The molecule has 1 aromatic heterocycles. The van der Waals surface area contributed by atoms with Crippen LogP contribution in [0.1, 0.15) is 25.1 Å². The van der Waals surface area contributed by atoms with Crippen LogP contribution in [0.2, 0.25) is 0 Å². The highest BCUT2D eigenvalue weighted by Crippen LogP contribution is 2.28. The van der Waals surface area contributed by atoms with Crippen LogP contribution in [0.4, 0.5) is 5.69 Å². The molecule has 1 aromatic carbocycles. The topological polar surface area (TPSA) is 97.8 Å². The van der Waals surface area contributed by atoms with Crippen LogP contribution in [0, 0.1) is 10.1 Å². The van der Waals surface area contributed by atoms with Gasteiger partial charge in [-0.3, -0.25) is 10.1 Å². The number of nitro groups is 1. The van der Waals surface area contributed by atoms with Crippen molar-refractivity contribution in [2.45, 2.75) is 25.7 Å². The maximum Gasteiger partial charge on any atom is 0.278 e. The van der Waals surface area contributed by atoms with Crippen LogP contribution in [0.3, 0.4) is 0 Å². The number of nitrogens with one attached hydrogen (secondary N) is 1. The number of imidazole rings is 1. The van der Waals surface area contributed by atoms with Gasteiger partial charge in [0.1, 0.15) is 5.82 Å². The van der Waals surface area contributed by atoms with E-state index < -0.39 is 0 Å². The monoisotopic (exact) mass is 274 g/mol. The van der Waals surface area contributed by atoms with Crippen molar-refractivity contribution >= 4 is 5.69 Å². The number of nitrogens with two attached hydrogens (primary N) is 1.